The molecular weight excluding hydrogens is 388 g/mol. The quantitative estimate of drug-likeness (QED) is 0.735. The second-order valence-electron chi connectivity index (χ2n) is 7.15. The fourth-order valence-electron chi connectivity index (χ4n) is 3.59. The van der Waals surface area contributed by atoms with Gasteiger partial charge in [-0.1, -0.05) is 11.6 Å². The van der Waals surface area contributed by atoms with Crippen LogP contribution >= 0.6 is 11.6 Å². The number of benzene rings is 2. The smallest absolute Gasteiger partial charge is 0.319 e. The molecule has 2 N–H and O–H groups in total. The Labute approximate surface area is 176 Å². The number of rotatable bonds is 6. The predicted octanol–water partition coefficient (Wildman–Crippen LogP) is 4.42. The van der Waals surface area contributed by atoms with E-state index in [4.69, 9.17) is 11.6 Å². The first-order valence-electron chi connectivity index (χ1n) is 9.90. The van der Waals surface area contributed by atoms with Gasteiger partial charge in [-0.05, 0) is 68.8 Å². The van der Waals surface area contributed by atoms with Gasteiger partial charge in [0.25, 0.3) is 0 Å². The summed E-state index contributed by atoms with van der Waals surface area (Å²) in [5.41, 5.74) is 3.68. The summed E-state index contributed by atoms with van der Waals surface area (Å²) in [7, 11) is 0. The molecule has 0 aliphatic carbocycles. The zero-order valence-electron chi connectivity index (χ0n) is 17.0. The number of hydrogen-bond donors (Lipinski definition) is 2. The Hall–Kier alpha value is -2.73. The Bertz CT molecular complexity index is 881. The van der Waals surface area contributed by atoms with Crippen LogP contribution in [0.3, 0.4) is 0 Å². The van der Waals surface area contributed by atoms with Gasteiger partial charge in [0.1, 0.15) is 0 Å². The molecule has 0 saturated carbocycles. The highest BCUT2D eigenvalue weighted by Crippen LogP contribution is 2.25. The second-order valence-corrected chi connectivity index (χ2v) is 7.59. The summed E-state index contributed by atoms with van der Waals surface area (Å²) < 4.78 is 0. The highest BCUT2D eigenvalue weighted by molar-refractivity contribution is 6.30. The molecule has 1 aliphatic rings. The Morgan fingerprint density at radius 2 is 1.86 bits per heavy atom. The van der Waals surface area contributed by atoms with E-state index in [1.165, 1.54) is 0 Å². The van der Waals surface area contributed by atoms with E-state index in [-0.39, 0.29) is 24.4 Å². The minimum atomic E-state index is -0.306. The molecule has 2 aromatic rings. The highest BCUT2D eigenvalue weighted by atomic mass is 35.5. The summed E-state index contributed by atoms with van der Waals surface area (Å²) in [4.78, 5) is 28.7. The SMILES string of the molecule is CCN(CC)c1ccc(NC(=O)N[C@H]2CC(=O)N(c3ccc(Cl)cc3)C2)c(C)c1. The van der Waals surface area contributed by atoms with Crippen molar-refractivity contribution in [3.8, 4) is 0 Å². The number of carbonyl (C=O) groups is 2. The maximum atomic E-state index is 12.5. The molecule has 2 aromatic carbocycles. The number of anilines is 3. The summed E-state index contributed by atoms with van der Waals surface area (Å²) in [6, 6.07) is 12.6. The first kappa shape index (κ1) is 21.0. The van der Waals surface area contributed by atoms with Crippen LogP contribution in [0.5, 0.6) is 0 Å². The first-order chi connectivity index (χ1) is 13.9. The van der Waals surface area contributed by atoms with Gasteiger partial charge in [0.05, 0.1) is 6.04 Å². The summed E-state index contributed by atoms with van der Waals surface area (Å²) in [6.45, 7) is 8.52. The highest BCUT2D eigenvalue weighted by Gasteiger charge is 2.31. The molecule has 6 nitrogen and oxygen atoms in total. The zero-order valence-corrected chi connectivity index (χ0v) is 17.8. The van der Waals surface area contributed by atoms with Crippen LogP contribution in [0.4, 0.5) is 21.9 Å². The minimum absolute atomic E-state index is 0.0163. The number of carbonyl (C=O) groups excluding carboxylic acids is 2. The van der Waals surface area contributed by atoms with E-state index < -0.39 is 0 Å². The van der Waals surface area contributed by atoms with Crippen molar-refractivity contribution in [1.82, 2.24) is 5.32 Å². The lowest BCUT2D eigenvalue weighted by Gasteiger charge is -2.22. The van der Waals surface area contributed by atoms with E-state index in [0.717, 1.165) is 35.7 Å². The maximum Gasteiger partial charge on any atom is 0.319 e. The number of urea groups is 1. The third-order valence-corrected chi connectivity index (χ3v) is 5.44. The van der Waals surface area contributed by atoms with Crippen LogP contribution in [0.15, 0.2) is 42.5 Å². The number of nitrogens with one attached hydrogen (secondary N) is 2. The van der Waals surface area contributed by atoms with Crippen LogP contribution in [-0.4, -0.2) is 37.6 Å². The van der Waals surface area contributed by atoms with Crippen LogP contribution in [0.1, 0.15) is 25.8 Å². The average molecular weight is 415 g/mol. The topological polar surface area (TPSA) is 64.7 Å². The van der Waals surface area contributed by atoms with Crippen molar-refractivity contribution in [2.24, 2.45) is 0 Å². The number of hydrogen-bond acceptors (Lipinski definition) is 3. The fraction of sp³-hybridized carbons (Fsp3) is 0.364. The monoisotopic (exact) mass is 414 g/mol. The second kappa shape index (κ2) is 9.18. The predicted molar refractivity (Wildman–Crippen MR) is 119 cm³/mol. The van der Waals surface area contributed by atoms with Crippen molar-refractivity contribution < 1.29 is 9.59 Å². The summed E-state index contributed by atoms with van der Waals surface area (Å²) in [5, 5.41) is 6.43. The molecule has 1 fully saturated rings. The third kappa shape index (κ3) is 5.01. The van der Waals surface area contributed by atoms with Gasteiger partial charge in [-0.25, -0.2) is 4.79 Å². The van der Waals surface area contributed by atoms with Gasteiger partial charge in [-0.15, -0.1) is 0 Å². The van der Waals surface area contributed by atoms with Gasteiger partial charge in [-0.2, -0.15) is 0 Å². The first-order valence-corrected chi connectivity index (χ1v) is 10.3. The van der Waals surface area contributed by atoms with Gasteiger partial charge >= 0.3 is 6.03 Å². The van der Waals surface area contributed by atoms with E-state index in [1.54, 1.807) is 17.0 Å². The molecule has 1 aliphatic heterocycles. The number of nitrogens with zero attached hydrogens (tertiary/aromatic N) is 2. The molecule has 3 rings (SSSR count). The zero-order chi connectivity index (χ0) is 21.0. The van der Waals surface area contributed by atoms with Crippen LogP contribution in [0, 0.1) is 6.92 Å². The molecule has 3 amide bonds. The van der Waals surface area contributed by atoms with Gasteiger partial charge in [-0.3, -0.25) is 4.79 Å². The molecular formula is C22H27ClN4O2. The molecule has 29 heavy (non-hydrogen) atoms. The van der Waals surface area contributed by atoms with Gasteiger partial charge < -0.3 is 20.4 Å². The van der Waals surface area contributed by atoms with E-state index >= 15 is 0 Å². The van der Waals surface area contributed by atoms with Gasteiger partial charge in [0.2, 0.25) is 5.91 Å². The van der Waals surface area contributed by atoms with Crippen molar-refractivity contribution in [2.45, 2.75) is 33.2 Å². The lowest BCUT2D eigenvalue weighted by molar-refractivity contribution is -0.117. The molecule has 0 radical (unpaired) electrons. The van der Waals surface area contributed by atoms with Crippen molar-refractivity contribution in [3.63, 3.8) is 0 Å². The largest absolute Gasteiger partial charge is 0.372 e. The van der Waals surface area contributed by atoms with Crippen molar-refractivity contribution >= 4 is 40.6 Å². The Morgan fingerprint density at radius 3 is 2.48 bits per heavy atom. The molecule has 1 heterocycles. The summed E-state index contributed by atoms with van der Waals surface area (Å²) in [6.07, 6.45) is 0.274. The van der Waals surface area contributed by atoms with E-state index in [9.17, 15) is 9.59 Å². The number of halogens is 1. The van der Waals surface area contributed by atoms with Crippen LogP contribution < -0.4 is 20.4 Å². The van der Waals surface area contributed by atoms with Crippen LogP contribution in [0.25, 0.3) is 0 Å². The lowest BCUT2D eigenvalue weighted by Crippen LogP contribution is -2.39. The van der Waals surface area contributed by atoms with Gasteiger partial charge in [0.15, 0.2) is 0 Å². The Balaban J connectivity index is 1.60. The minimum Gasteiger partial charge on any atom is -0.372 e. The number of aryl methyl sites for hydroxylation is 1. The molecule has 0 bridgehead atoms. The number of amides is 3. The molecule has 1 saturated heterocycles. The maximum absolute atomic E-state index is 12.5. The molecule has 0 spiro atoms. The molecule has 1 atom stereocenters. The fourth-order valence-corrected chi connectivity index (χ4v) is 3.72. The molecule has 7 heteroatoms. The van der Waals surface area contributed by atoms with E-state index in [2.05, 4.69) is 35.4 Å². The van der Waals surface area contributed by atoms with Gasteiger partial charge in [0, 0.05) is 48.1 Å². The normalized spacial score (nSPS) is 16.1. The summed E-state index contributed by atoms with van der Waals surface area (Å²) in [5.74, 6) is -0.0163. The third-order valence-electron chi connectivity index (χ3n) is 5.19. The van der Waals surface area contributed by atoms with Crippen LogP contribution in [-0.2, 0) is 4.79 Å². The van der Waals surface area contributed by atoms with Crippen LogP contribution in [0.2, 0.25) is 5.02 Å². The van der Waals surface area contributed by atoms with E-state index in [1.807, 2.05) is 31.2 Å². The standard InChI is InChI=1S/C22H27ClN4O2/c1-4-26(5-2)19-10-11-20(15(3)12-19)25-22(29)24-17-13-21(28)27(14-17)18-8-6-16(23)7-9-18/h6-12,17H,4-5,13-14H2,1-3H3,(H2,24,25,29)/t17-/m0/s1. The van der Waals surface area contributed by atoms with E-state index in [0.29, 0.717) is 11.6 Å². The van der Waals surface area contributed by atoms with Crippen molar-refractivity contribution in [2.75, 3.05) is 34.8 Å². The Morgan fingerprint density at radius 1 is 1.17 bits per heavy atom. The molecule has 154 valence electrons. The average Bonchev–Trinajstić information content (AvgIpc) is 3.05. The molecule has 0 unspecified atom stereocenters. The van der Waals surface area contributed by atoms with Crippen molar-refractivity contribution in [1.29, 1.82) is 0 Å². The lowest BCUT2D eigenvalue weighted by atomic mass is 10.1. The Kier molecular flexibility index (Phi) is 6.64. The molecule has 0 aromatic heterocycles. The summed E-state index contributed by atoms with van der Waals surface area (Å²) >= 11 is 5.91. The van der Waals surface area contributed by atoms with Crippen molar-refractivity contribution in [3.05, 3.63) is 53.1 Å².